The van der Waals surface area contributed by atoms with Gasteiger partial charge in [0.15, 0.2) is 0 Å². The summed E-state index contributed by atoms with van der Waals surface area (Å²) in [6, 6.07) is 0.833. The summed E-state index contributed by atoms with van der Waals surface area (Å²) in [5, 5.41) is 0. The van der Waals surface area contributed by atoms with E-state index < -0.39 is 11.9 Å². The Labute approximate surface area is 124 Å². The number of carbonyl (C=O) groups excluding carboxylic acids is 1. The van der Waals surface area contributed by atoms with Crippen molar-refractivity contribution in [2.75, 3.05) is 44.3 Å². The Bertz CT molecular complexity index is 554. The molecule has 0 spiro atoms. The molecule has 0 aliphatic carbocycles. The second-order valence-corrected chi connectivity index (χ2v) is 5.28. The van der Waals surface area contributed by atoms with Crippen LogP contribution in [0.2, 0.25) is 0 Å². The van der Waals surface area contributed by atoms with Crippen molar-refractivity contribution < 1.29 is 22.7 Å². The number of ether oxygens (including phenoxy) is 1. The molecular weight excluding hydrogens is 301 g/mol. The molecule has 2 fully saturated rings. The molecule has 0 aromatic carbocycles. The number of halogens is 3. The van der Waals surface area contributed by atoms with Crippen molar-refractivity contribution in [1.29, 1.82) is 0 Å². The van der Waals surface area contributed by atoms with Gasteiger partial charge in [-0.2, -0.15) is 13.2 Å². The van der Waals surface area contributed by atoms with Crippen molar-refractivity contribution >= 4 is 11.9 Å². The fraction of sp³-hybridized carbons (Fsp3) is 0.615. The normalized spacial score (nSPS) is 20.0. The summed E-state index contributed by atoms with van der Waals surface area (Å²) < 4.78 is 43.0. The van der Waals surface area contributed by atoms with Gasteiger partial charge < -0.3 is 14.5 Å². The summed E-state index contributed by atoms with van der Waals surface area (Å²) in [6.45, 7) is 2.87. The van der Waals surface area contributed by atoms with Gasteiger partial charge in [0.25, 0.3) is 0 Å². The lowest BCUT2D eigenvalue weighted by molar-refractivity contribution is -0.142. The Morgan fingerprint density at radius 1 is 1.27 bits per heavy atom. The molecule has 9 heteroatoms. The largest absolute Gasteiger partial charge is 0.433 e. The molecule has 0 N–H and O–H groups in total. The number of hydrogen-bond donors (Lipinski definition) is 0. The minimum Gasteiger partial charge on any atom is -0.378 e. The highest BCUT2D eigenvalue weighted by Crippen LogP contribution is 2.30. The van der Waals surface area contributed by atoms with E-state index in [0.717, 1.165) is 12.3 Å². The summed E-state index contributed by atoms with van der Waals surface area (Å²) in [5.74, 6) is -0.177. The zero-order valence-electron chi connectivity index (χ0n) is 11.7. The van der Waals surface area contributed by atoms with Crippen LogP contribution in [0.15, 0.2) is 12.3 Å². The summed E-state index contributed by atoms with van der Waals surface area (Å²) in [4.78, 5) is 22.9. The molecule has 120 valence electrons. The van der Waals surface area contributed by atoms with E-state index in [0.29, 0.717) is 39.4 Å². The minimum atomic E-state index is -4.49. The minimum absolute atomic E-state index is 0.0147. The van der Waals surface area contributed by atoms with E-state index in [4.69, 9.17) is 4.74 Å². The highest BCUT2D eigenvalue weighted by Gasteiger charge is 2.38. The Balaban J connectivity index is 1.60. The molecule has 3 rings (SSSR count). The van der Waals surface area contributed by atoms with Crippen LogP contribution in [0.25, 0.3) is 0 Å². The highest BCUT2D eigenvalue weighted by molar-refractivity contribution is 5.81. The van der Waals surface area contributed by atoms with Gasteiger partial charge in [-0.25, -0.2) is 9.97 Å². The van der Waals surface area contributed by atoms with E-state index in [2.05, 4.69) is 9.97 Å². The SMILES string of the molecule is O=C(C1CN(c2nccc(C(F)(F)F)n2)C1)N1CCOCC1. The number of alkyl halides is 3. The molecule has 0 radical (unpaired) electrons. The topological polar surface area (TPSA) is 58.6 Å². The van der Waals surface area contributed by atoms with Crippen LogP contribution in [0.5, 0.6) is 0 Å². The monoisotopic (exact) mass is 316 g/mol. The lowest BCUT2D eigenvalue weighted by atomic mass is 9.99. The molecule has 0 unspecified atom stereocenters. The molecule has 2 aliphatic rings. The second kappa shape index (κ2) is 5.71. The molecule has 0 saturated carbocycles. The number of aromatic nitrogens is 2. The summed E-state index contributed by atoms with van der Waals surface area (Å²) >= 11 is 0. The number of anilines is 1. The van der Waals surface area contributed by atoms with Crippen LogP contribution < -0.4 is 4.90 Å². The smallest absolute Gasteiger partial charge is 0.378 e. The van der Waals surface area contributed by atoms with E-state index in [9.17, 15) is 18.0 Å². The predicted octanol–water partition coefficient (Wildman–Crippen LogP) is 0.790. The number of carbonyl (C=O) groups is 1. The number of amides is 1. The summed E-state index contributed by atoms with van der Waals surface area (Å²) in [5.41, 5.74) is -0.972. The van der Waals surface area contributed by atoms with Crippen molar-refractivity contribution in [3.63, 3.8) is 0 Å². The van der Waals surface area contributed by atoms with E-state index in [1.54, 1.807) is 9.80 Å². The second-order valence-electron chi connectivity index (χ2n) is 5.28. The fourth-order valence-corrected chi connectivity index (χ4v) is 2.50. The van der Waals surface area contributed by atoms with Crippen molar-refractivity contribution in [3.8, 4) is 0 Å². The van der Waals surface area contributed by atoms with Crippen molar-refractivity contribution in [3.05, 3.63) is 18.0 Å². The van der Waals surface area contributed by atoms with Crippen LogP contribution in [0.1, 0.15) is 5.69 Å². The maximum Gasteiger partial charge on any atom is 0.433 e. The highest BCUT2D eigenvalue weighted by atomic mass is 19.4. The molecule has 1 aromatic rings. The lowest BCUT2D eigenvalue weighted by Crippen LogP contribution is -2.56. The van der Waals surface area contributed by atoms with Crippen LogP contribution in [-0.2, 0) is 15.7 Å². The van der Waals surface area contributed by atoms with E-state index in [1.165, 1.54) is 0 Å². The predicted molar refractivity (Wildman–Crippen MR) is 70.1 cm³/mol. The molecule has 2 saturated heterocycles. The van der Waals surface area contributed by atoms with Gasteiger partial charge in [-0.1, -0.05) is 0 Å². The average molecular weight is 316 g/mol. The third-order valence-electron chi connectivity index (χ3n) is 3.77. The van der Waals surface area contributed by atoms with E-state index >= 15 is 0 Å². The third kappa shape index (κ3) is 2.99. The first-order valence-electron chi connectivity index (χ1n) is 6.97. The van der Waals surface area contributed by atoms with Gasteiger partial charge in [0.1, 0.15) is 5.69 Å². The molecule has 0 atom stereocenters. The van der Waals surface area contributed by atoms with Gasteiger partial charge in [0.2, 0.25) is 11.9 Å². The van der Waals surface area contributed by atoms with Crippen molar-refractivity contribution in [2.45, 2.75) is 6.18 Å². The van der Waals surface area contributed by atoms with Crippen LogP contribution >= 0.6 is 0 Å². The number of hydrogen-bond acceptors (Lipinski definition) is 5. The first-order chi connectivity index (χ1) is 10.4. The Morgan fingerprint density at radius 3 is 2.59 bits per heavy atom. The first kappa shape index (κ1) is 15.0. The summed E-state index contributed by atoms with van der Waals surface area (Å²) in [7, 11) is 0. The lowest BCUT2D eigenvalue weighted by Gasteiger charge is -2.41. The number of morpholine rings is 1. The number of rotatable bonds is 2. The quantitative estimate of drug-likeness (QED) is 0.807. The molecule has 22 heavy (non-hydrogen) atoms. The van der Waals surface area contributed by atoms with Gasteiger partial charge >= 0.3 is 6.18 Å². The van der Waals surface area contributed by atoms with Crippen LogP contribution in [0.3, 0.4) is 0 Å². The maximum atomic E-state index is 12.6. The third-order valence-corrected chi connectivity index (χ3v) is 3.77. The summed E-state index contributed by atoms with van der Waals surface area (Å²) in [6.07, 6.45) is -3.41. The van der Waals surface area contributed by atoms with Gasteiger partial charge in [-0.3, -0.25) is 4.79 Å². The Kier molecular flexibility index (Phi) is 3.90. The molecule has 1 aromatic heterocycles. The standard InChI is InChI=1S/C13H15F3N4O2/c14-13(15,16)10-1-2-17-12(18-10)20-7-9(8-20)11(21)19-3-5-22-6-4-19/h1-2,9H,3-8H2. The zero-order chi connectivity index (χ0) is 15.7. The Morgan fingerprint density at radius 2 is 1.95 bits per heavy atom. The van der Waals surface area contributed by atoms with Gasteiger partial charge in [-0.15, -0.1) is 0 Å². The van der Waals surface area contributed by atoms with Crippen LogP contribution in [0, 0.1) is 5.92 Å². The molecule has 0 bridgehead atoms. The molecule has 6 nitrogen and oxygen atoms in total. The molecular formula is C13H15F3N4O2. The van der Waals surface area contributed by atoms with Crippen molar-refractivity contribution in [2.24, 2.45) is 5.92 Å². The molecule has 2 aliphatic heterocycles. The van der Waals surface area contributed by atoms with Gasteiger partial charge in [0.05, 0.1) is 19.1 Å². The van der Waals surface area contributed by atoms with E-state index in [1.807, 2.05) is 0 Å². The van der Waals surface area contributed by atoms with Gasteiger partial charge in [0, 0.05) is 32.4 Å². The van der Waals surface area contributed by atoms with Crippen LogP contribution in [0.4, 0.5) is 19.1 Å². The average Bonchev–Trinajstić information content (AvgIpc) is 2.46. The van der Waals surface area contributed by atoms with Crippen LogP contribution in [-0.4, -0.2) is 60.2 Å². The Hall–Kier alpha value is -1.90. The van der Waals surface area contributed by atoms with E-state index in [-0.39, 0.29) is 17.8 Å². The maximum absolute atomic E-state index is 12.6. The molecule has 1 amide bonds. The first-order valence-corrected chi connectivity index (χ1v) is 6.97. The van der Waals surface area contributed by atoms with Crippen molar-refractivity contribution in [1.82, 2.24) is 14.9 Å². The van der Waals surface area contributed by atoms with Gasteiger partial charge in [-0.05, 0) is 6.07 Å². The zero-order valence-corrected chi connectivity index (χ0v) is 11.7. The number of nitrogens with zero attached hydrogens (tertiary/aromatic N) is 4. The molecule has 3 heterocycles. The fourth-order valence-electron chi connectivity index (χ4n) is 2.50.